The second-order valence-corrected chi connectivity index (χ2v) is 5.31. The molecule has 80 valence electrons. The molecule has 0 aliphatic carbocycles. The van der Waals surface area contributed by atoms with E-state index in [-0.39, 0.29) is 6.04 Å². The molecule has 1 unspecified atom stereocenters. The molecule has 5 heteroatoms. The number of ether oxygens (including phenoxy) is 1. The number of halogens is 2. The van der Waals surface area contributed by atoms with Gasteiger partial charge in [0, 0.05) is 19.8 Å². The number of hydrogen-bond donors (Lipinski definition) is 1. The zero-order valence-electron chi connectivity index (χ0n) is 7.93. The van der Waals surface area contributed by atoms with E-state index in [1.807, 2.05) is 6.07 Å². The van der Waals surface area contributed by atoms with Crippen molar-refractivity contribution in [3.8, 4) is 0 Å². The third-order valence-corrected chi connectivity index (χ3v) is 3.46. The molecule has 2 N–H and O–H groups in total. The zero-order valence-corrected chi connectivity index (χ0v) is 10.3. The van der Waals surface area contributed by atoms with Crippen molar-refractivity contribution in [3.05, 3.63) is 20.3 Å². The highest BCUT2D eigenvalue weighted by Gasteiger charge is 2.13. The van der Waals surface area contributed by atoms with Crippen molar-refractivity contribution in [2.75, 3.05) is 13.7 Å². The predicted octanol–water partition coefficient (Wildman–Crippen LogP) is 3.48. The van der Waals surface area contributed by atoms with E-state index in [1.54, 1.807) is 7.11 Å². The second-order valence-electron chi connectivity index (χ2n) is 3.02. The summed E-state index contributed by atoms with van der Waals surface area (Å²) in [5.74, 6) is 0. The van der Waals surface area contributed by atoms with Gasteiger partial charge in [-0.15, -0.1) is 11.3 Å². The summed E-state index contributed by atoms with van der Waals surface area (Å²) in [6.45, 7) is 0.725. The van der Waals surface area contributed by atoms with Gasteiger partial charge in [-0.05, 0) is 24.5 Å². The third-order valence-electron chi connectivity index (χ3n) is 1.95. The highest BCUT2D eigenvalue weighted by atomic mass is 35.5. The van der Waals surface area contributed by atoms with Crippen molar-refractivity contribution in [2.45, 2.75) is 18.9 Å². The Hall–Kier alpha value is 0.200. The summed E-state index contributed by atoms with van der Waals surface area (Å²) in [5.41, 5.74) is 6.90. The molecule has 0 saturated heterocycles. The third kappa shape index (κ3) is 3.41. The van der Waals surface area contributed by atoms with Crippen LogP contribution in [0, 0.1) is 0 Å². The molecule has 0 saturated carbocycles. The first kappa shape index (κ1) is 12.3. The molecule has 0 aromatic carbocycles. The Morgan fingerprint density at radius 2 is 2.29 bits per heavy atom. The quantitative estimate of drug-likeness (QED) is 0.816. The Balaban J connectivity index is 2.51. The van der Waals surface area contributed by atoms with Crippen molar-refractivity contribution in [1.82, 2.24) is 0 Å². The van der Waals surface area contributed by atoms with E-state index in [1.165, 1.54) is 11.3 Å². The second kappa shape index (κ2) is 5.93. The molecule has 0 aliphatic heterocycles. The van der Waals surface area contributed by atoms with Gasteiger partial charge in [0.05, 0.1) is 8.67 Å². The van der Waals surface area contributed by atoms with Gasteiger partial charge in [-0.1, -0.05) is 23.2 Å². The fourth-order valence-corrected chi connectivity index (χ4v) is 2.81. The lowest BCUT2D eigenvalue weighted by atomic mass is 10.1. The molecule has 1 rings (SSSR count). The lowest BCUT2D eigenvalue weighted by molar-refractivity contribution is 0.190. The first-order chi connectivity index (χ1) is 6.65. The molecule has 2 nitrogen and oxygen atoms in total. The van der Waals surface area contributed by atoms with Crippen LogP contribution in [0.3, 0.4) is 0 Å². The van der Waals surface area contributed by atoms with E-state index < -0.39 is 0 Å². The minimum Gasteiger partial charge on any atom is -0.385 e. The van der Waals surface area contributed by atoms with Gasteiger partial charge in [0.1, 0.15) is 0 Å². The van der Waals surface area contributed by atoms with Gasteiger partial charge in [0.25, 0.3) is 0 Å². The maximum Gasteiger partial charge on any atom is 0.0991 e. The van der Waals surface area contributed by atoms with E-state index >= 15 is 0 Å². The van der Waals surface area contributed by atoms with Gasteiger partial charge in [0.15, 0.2) is 0 Å². The largest absolute Gasteiger partial charge is 0.385 e. The lowest BCUT2D eigenvalue weighted by Crippen LogP contribution is -2.10. The lowest BCUT2D eigenvalue weighted by Gasteiger charge is -2.09. The number of hydrogen-bond acceptors (Lipinski definition) is 3. The molecule has 0 aliphatic rings. The number of thiophene rings is 1. The van der Waals surface area contributed by atoms with Crippen molar-refractivity contribution >= 4 is 34.5 Å². The minimum atomic E-state index is -0.0404. The van der Waals surface area contributed by atoms with E-state index in [0.29, 0.717) is 8.67 Å². The SMILES string of the molecule is COCCCC(N)c1cc(Cl)sc1Cl. The maximum atomic E-state index is 5.98. The average Bonchev–Trinajstić information content (AvgIpc) is 2.45. The maximum absolute atomic E-state index is 5.98. The number of nitrogens with two attached hydrogens (primary N) is 1. The van der Waals surface area contributed by atoms with Crippen LogP contribution in [0.4, 0.5) is 0 Å². The normalized spacial score (nSPS) is 13.1. The summed E-state index contributed by atoms with van der Waals surface area (Å²) in [6, 6.07) is 1.80. The van der Waals surface area contributed by atoms with Gasteiger partial charge in [-0.3, -0.25) is 0 Å². The first-order valence-electron chi connectivity index (χ1n) is 4.34. The van der Waals surface area contributed by atoms with Crippen LogP contribution in [0.2, 0.25) is 8.67 Å². The summed E-state index contributed by atoms with van der Waals surface area (Å²) in [5, 5.41) is 0. The van der Waals surface area contributed by atoms with Crippen LogP contribution in [0.1, 0.15) is 24.4 Å². The molecule has 0 spiro atoms. The zero-order chi connectivity index (χ0) is 10.6. The number of methoxy groups -OCH3 is 1. The molecule has 1 aromatic rings. The van der Waals surface area contributed by atoms with Crippen molar-refractivity contribution < 1.29 is 4.74 Å². The number of rotatable bonds is 5. The van der Waals surface area contributed by atoms with Crippen molar-refractivity contribution in [3.63, 3.8) is 0 Å². The van der Waals surface area contributed by atoms with Crippen LogP contribution in [-0.2, 0) is 4.74 Å². The van der Waals surface area contributed by atoms with Crippen molar-refractivity contribution in [2.24, 2.45) is 5.73 Å². The van der Waals surface area contributed by atoms with Crippen LogP contribution in [0.25, 0.3) is 0 Å². The fourth-order valence-electron chi connectivity index (χ4n) is 1.21. The molecule has 0 amide bonds. The molecule has 1 heterocycles. The summed E-state index contributed by atoms with van der Waals surface area (Å²) in [7, 11) is 1.68. The van der Waals surface area contributed by atoms with E-state index in [2.05, 4.69) is 0 Å². The molecule has 0 fully saturated rings. The Bertz CT molecular complexity index is 290. The Morgan fingerprint density at radius 1 is 1.57 bits per heavy atom. The molecular weight excluding hydrogens is 241 g/mol. The molecule has 1 atom stereocenters. The van der Waals surface area contributed by atoms with Gasteiger partial charge in [0.2, 0.25) is 0 Å². The summed E-state index contributed by atoms with van der Waals surface area (Å²) < 4.78 is 6.33. The van der Waals surface area contributed by atoms with Crippen LogP contribution >= 0.6 is 34.5 Å². The highest BCUT2D eigenvalue weighted by molar-refractivity contribution is 7.20. The Labute approximate surface area is 98.0 Å². The minimum absolute atomic E-state index is 0.0404. The van der Waals surface area contributed by atoms with Crippen molar-refractivity contribution in [1.29, 1.82) is 0 Å². The fraction of sp³-hybridized carbons (Fsp3) is 0.556. The van der Waals surface area contributed by atoms with Gasteiger partial charge in [-0.2, -0.15) is 0 Å². The first-order valence-corrected chi connectivity index (χ1v) is 5.91. The van der Waals surface area contributed by atoms with Gasteiger partial charge >= 0.3 is 0 Å². The standard InChI is InChI=1S/C9H13Cl2NOS/c1-13-4-2-3-7(12)6-5-8(10)14-9(6)11/h5,7H,2-4,12H2,1H3. The average molecular weight is 254 g/mol. The van der Waals surface area contributed by atoms with Crippen LogP contribution in [0.5, 0.6) is 0 Å². The van der Waals surface area contributed by atoms with Gasteiger partial charge in [-0.25, -0.2) is 0 Å². The molecule has 0 bridgehead atoms. The molecular formula is C9H13Cl2NOS. The molecule has 1 aromatic heterocycles. The summed E-state index contributed by atoms with van der Waals surface area (Å²) in [6.07, 6.45) is 1.79. The molecule has 0 radical (unpaired) electrons. The highest BCUT2D eigenvalue weighted by Crippen LogP contribution is 2.35. The van der Waals surface area contributed by atoms with E-state index in [4.69, 9.17) is 33.7 Å². The Kier molecular flexibility index (Phi) is 5.20. The van der Waals surface area contributed by atoms with E-state index in [9.17, 15) is 0 Å². The van der Waals surface area contributed by atoms with Crippen LogP contribution in [0.15, 0.2) is 6.07 Å². The topological polar surface area (TPSA) is 35.2 Å². The summed E-state index contributed by atoms with van der Waals surface area (Å²) >= 11 is 13.2. The monoisotopic (exact) mass is 253 g/mol. The Morgan fingerprint density at radius 3 is 2.79 bits per heavy atom. The summed E-state index contributed by atoms with van der Waals surface area (Å²) in [4.78, 5) is 0. The van der Waals surface area contributed by atoms with Crippen LogP contribution < -0.4 is 5.73 Å². The van der Waals surface area contributed by atoms with E-state index in [0.717, 1.165) is 25.0 Å². The predicted molar refractivity (Wildman–Crippen MR) is 62.4 cm³/mol. The molecule has 14 heavy (non-hydrogen) atoms. The van der Waals surface area contributed by atoms with Gasteiger partial charge < -0.3 is 10.5 Å². The smallest absolute Gasteiger partial charge is 0.0991 e. The van der Waals surface area contributed by atoms with Crippen LogP contribution in [-0.4, -0.2) is 13.7 Å².